The molecule has 208 valence electrons. The Balaban J connectivity index is 1.47. The van der Waals surface area contributed by atoms with Gasteiger partial charge < -0.3 is 20.2 Å². The number of primary amides is 1. The van der Waals surface area contributed by atoms with Crippen LogP contribution in [0.2, 0.25) is 0 Å². The number of fused-ring (bicyclic) bond motifs is 1. The lowest BCUT2D eigenvalue weighted by Crippen LogP contribution is -2.16. The van der Waals surface area contributed by atoms with Gasteiger partial charge in [0.05, 0.1) is 10.6 Å². The Morgan fingerprint density at radius 3 is 2.59 bits per heavy atom. The van der Waals surface area contributed by atoms with Crippen molar-refractivity contribution >= 4 is 44.7 Å². The molecule has 0 bridgehead atoms. The number of nitrogens with one attached hydrogen (secondary N) is 1. The lowest BCUT2D eigenvalue weighted by Gasteiger charge is -2.10. The molecule has 0 saturated heterocycles. The number of anilines is 1. The Morgan fingerprint density at radius 2 is 1.90 bits per heavy atom. The molecule has 0 unspecified atom stereocenters. The first-order valence-electron chi connectivity index (χ1n) is 12.0. The van der Waals surface area contributed by atoms with Gasteiger partial charge in [-0.25, -0.2) is 13.8 Å². The zero-order chi connectivity index (χ0) is 29.3. The van der Waals surface area contributed by atoms with Crippen molar-refractivity contribution in [3.63, 3.8) is 0 Å². The molecule has 0 saturated carbocycles. The van der Waals surface area contributed by atoms with Crippen molar-refractivity contribution < 1.29 is 32.4 Å². The Morgan fingerprint density at radius 1 is 1.15 bits per heavy atom. The molecule has 5 rings (SSSR count). The second kappa shape index (κ2) is 11.1. The molecule has 0 radical (unpaired) electrons. The van der Waals surface area contributed by atoms with Crippen LogP contribution in [-0.2, 0) is 6.61 Å². The number of aryl methyl sites for hydroxylation is 1. The van der Waals surface area contributed by atoms with Crippen LogP contribution in [0.4, 0.5) is 20.2 Å². The minimum absolute atomic E-state index is 0.0131. The Kier molecular flexibility index (Phi) is 7.44. The van der Waals surface area contributed by atoms with Crippen molar-refractivity contribution in [2.45, 2.75) is 20.0 Å². The quantitative estimate of drug-likeness (QED) is 0.147. The number of hydrogen-bond donors (Lipinski definition) is 2. The van der Waals surface area contributed by atoms with Gasteiger partial charge >= 0.3 is 5.69 Å². The molecule has 3 N–H and O–H groups in total. The van der Waals surface area contributed by atoms with Crippen molar-refractivity contribution in [3.8, 4) is 16.9 Å². The number of aromatic nitrogens is 1. The average Bonchev–Trinajstić information content (AvgIpc) is 3.57. The minimum atomic E-state index is -2.87. The lowest BCUT2D eigenvalue weighted by atomic mass is 10.0. The SMILES string of the molecule is Cc1ccc(OCc2ccc(C(=O)Nc3c(C(N)=O)sc4nc(C(F)F)cc(-c5ccccc5)c34)o2)c([N+](=O)[O-])c1. The van der Waals surface area contributed by atoms with E-state index in [0.29, 0.717) is 16.7 Å². The Hall–Kier alpha value is -5.17. The van der Waals surface area contributed by atoms with Crippen molar-refractivity contribution in [1.29, 1.82) is 0 Å². The van der Waals surface area contributed by atoms with Gasteiger partial charge in [0, 0.05) is 11.5 Å². The molecule has 2 aromatic carbocycles. The molecule has 0 atom stereocenters. The second-order valence-corrected chi connectivity index (χ2v) is 9.85. The third kappa shape index (κ3) is 5.61. The van der Waals surface area contributed by atoms with Crippen molar-refractivity contribution in [2.24, 2.45) is 5.73 Å². The summed E-state index contributed by atoms with van der Waals surface area (Å²) >= 11 is 0.786. The number of nitro groups is 1. The third-order valence-electron chi connectivity index (χ3n) is 6.02. The number of nitrogens with zero attached hydrogens (tertiary/aromatic N) is 2. The van der Waals surface area contributed by atoms with Gasteiger partial charge in [0.15, 0.2) is 11.5 Å². The molecule has 3 heterocycles. The van der Waals surface area contributed by atoms with Gasteiger partial charge in [-0.3, -0.25) is 19.7 Å². The van der Waals surface area contributed by atoms with Gasteiger partial charge in [-0.1, -0.05) is 36.4 Å². The number of carbonyl (C=O) groups excluding carboxylic acids is 2. The smallest absolute Gasteiger partial charge is 0.311 e. The van der Waals surface area contributed by atoms with E-state index < -0.39 is 28.9 Å². The summed E-state index contributed by atoms with van der Waals surface area (Å²) in [7, 11) is 0. The molecular weight excluding hydrogens is 558 g/mol. The number of furan rings is 1. The van der Waals surface area contributed by atoms with E-state index in [4.69, 9.17) is 14.9 Å². The summed E-state index contributed by atoms with van der Waals surface area (Å²) in [6.07, 6.45) is -2.87. The predicted molar refractivity (Wildman–Crippen MR) is 147 cm³/mol. The number of nitrogens with two attached hydrogens (primary N) is 1. The minimum Gasteiger partial charge on any atom is -0.479 e. The van der Waals surface area contributed by atoms with Crippen LogP contribution in [0.1, 0.15) is 43.7 Å². The molecule has 0 fully saturated rings. The highest BCUT2D eigenvalue weighted by Crippen LogP contribution is 2.42. The first kappa shape index (κ1) is 27.4. The summed E-state index contributed by atoms with van der Waals surface area (Å²) in [5.41, 5.74) is 6.47. The number of halogens is 2. The molecule has 0 spiro atoms. The number of pyridine rings is 1. The number of hydrogen-bond acceptors (Lipinski definition) is 8. The van der Waals surface area contributed by atoms with Crippen LogP contribution in [0, 0.1) is 17.0 Å². The fraction of sp³-hybridized carbons (Fsp3) is 0.107. The third-order valence-corrected chi connectivity index (χ3v) is 7.12. The van der Waals surface area contributed by atoms with Crippen LogP contribution in [0.3, 0.4) is 0 Å². The van der Waals surface area contributed by atoms with E-state index in [1.807, 2.05) is 0 Å². The highest BCUT2D eigenvalue weighted by molar-refractivity contribution is 7.21. The maximum Gasteiger partial charge on any atom is 0.311 e. The molecule has 0 aliphatic heterocycles. The van der Waals surface area contributed by atoms with E-state index in [-0.39, 0.29) is 50.3 Å². The Labute approximate surface area is 234 Å². The van der Waals surface area contributed by atoms with Gasteiger partial charge in [-0.2, -0.15) is 0 Å². The molecule has 10 nitrogen and oxygen atoms in total. The summed E-state index contributed by atoms with van der Waals surface area (Å²) in [6, 6.07) is 17.1. The largest absolute Gasteiger partial charge is 0.479 e. The fourth-order valence-corrected chi connectivity index (χ4v) is 5.18. The summed E-state index contributed by atoms with van der Waals surface area (Å²) in [5, 5.41) is 14.2. The van der Waals surface area contributed by atoms with Crippen LogP contribution >= 0.6 is 11.3 Å². The van der Waals surface area contributed by atoms with Gasteiger partial charge in [0.1, 0.15) is 27.8 Å². The van der Waals surface area contributed by atoms with Gasteiger partial charge in [-0.05, 0) is 47.9 Å². The highest BCUT2D eigenvalue weighted by Gasteiger charge is 2.26. The monoisotopic (exact) mass is 578 g/mol. The number of carbonyl (C=O) groups is 2. The van der Waals surface area contributed by atoms with Crippen LogP contribution in [0.15, 0.2) is 71.1 Å². The zero-order valence-corrected chi connectivity index (χ0v) is 22.0. The molecule has 13 heteroatoms. The number of alkyl halides is 2. The number of nitro benzene ring substituents is 1. The first-order valence-corrected chi connectivity index (χ1v) is 12.8. The second-order valence-electron chi connectivity index (χ2n) is 8.85. The van der Waals surface area contributed by atoms with Crippen molar-refractivity contribution in [3.05, 3.63) is 104 Å². The van der Waals surface area contributed by atoms with E-state index in [1.54, 1.807) is 43.3 Å². The van der Waals surface area contributed by atoms with Crippen molar-refractivity contribution in [2.75, 3.05) is 5.32 Å². The summed E-state index contributed by atoms with van der Waals surface area (Å²) in [4.78, 5) is 40.3. The normalized spacial score (nSPS) is 11.1. The highest BCUT2D eigenvalue weighted by atomic mass is 32.1. The molecule has 41 heavy (non-hydrogen) atoms. The molecule has 2 amide bonds. The number of thiophene rings is 1. The fourth-order valence-electron chi connectivity index (χ4n) is 4.16. The number of benzene rings is 2. The maximum absolute atomic E-state index is 13.7. The standard InChI is InChI=1S/C28H20F2N4O6S/c1-14-7-9-20(19(11-14)34(37)38)39-13-16-8-10-21(40-16)27(36)33-23-22-17(15-5-3-2-4-6-15)12-18(25(29)30)32-28(22)41-24(23)26(31)35/h2-12,25H,13H2,1H3,(H2,31,35)(H,33,36). The number of ether oxygens (including phenoxy) is 1. The van der Waals surface area contributed by atoms with E-state index in [1.165, 1.54) is 30.3 Å². The van der Waals surface area contributed by atoms with Crippen molar-refractivity contribution in [1.82, 2.24) is 4.98 Å². The average molecular weight is 579 g/mol. The molecule has 0 aliphatic carbocycles. The van der Waals surface area contributed by atoms with Gasteiger partial charge in [-0.15, -0.1) is 11.3 Å². The van der Waals surface area contributed by atoms with E-state index in [9.17, 15) is 28.5 Å². The first-order chi connectivity index (χ1) is 19.6. The summed E-state index contributed by atoms with van der Waals surface area (Å²) in [5.74, 6) is -1.56. The van der Waals surface area contributed by atoms with E-state index in [2.05, 4.69) is 10.3 Å². The molecule has 3 aromatic heterocycles. The van der Waals surface area contributed by atoms with Crippen LogP contribution < -0.4 is 15.8 Å². The van der Waals surface area contributed by atoms with E-state index >= 15 is 0 Å². The molecule has 5 aromatic rings. The molecule has 0 aliphatic rings. The predicted octanol–water partition coefficient (Wildman–Crippen LogP) is 6.64. The summed E-state index contributed by atoms with van der Waals surface area (Å²) in [6.45, 7) is 1.51. The van der Waals surface area contributed by atoms with Crippen LogP contribution in [0.5, 0.6) is 5.75 Å². The zero-order valence-electron chi connectivity index (χ0n) is 21.2. The molecular formula is C28H20F2N4O6S. The maximum atomic E-state index is 13.7. The number of rotatable bonds is 9. The Bertz CT molecular complexity index is 1800. The van der Waals surface area contributed by atoms with E-state index in [0.717, 1.165) is 11.3 Å². The number of amides is 2. The van der Waals surface area contributed by atoms with Crippen LogP contribution in [0.25, 0.3) is 21.3 Å². The van der Waals surface area contributed by atoms with Gasteiger partial charge in [0.25, 0.3) is 18.2 Å². The topological polar surface area (TPSA) is 151 Å². The van der Waals surface area contributed by atoms with Gasteiger partial charge in [0.2, 0.25) is 0 Å². The summed E-state index contributed by atoms with van der Waals surface area (Å²) < 4.78 is 38.5. The lowest BCUT2D eigenvalue weighted by molar-refractivity contribution is -0.386. The van der Waals surface area contributed by atoms with Crippen LogP contribution in [-0.4, -0.2) is 21.7 Å².